The zero-order chi connectivity index (χ0) is 13.8. The maximum atomic E-state index is 11.1. The first-order chi connectivity index (χ1) is 9.11. The number of aryl methyl sites for hydroxylation is 1. The lowest BCUT2D eigenvalue weighted by Gasteiger charge is -2.06. The molecule has 0 aliphatic heterocycles. The quantitative estimate of drug-likeness (QED) is 0.887. The van der Waals surface area contributed by atoms with Gasteiger partial charge in [0.2, 0.25) is 0 Å². The molecule has 19 heavy (non-hydrogen) atoms. The number of hydrogen-bond donors (Lipinski definition) is 1. The Labute approximate surface area is 110 Å². The van der Waals surface area contributed by atoms with Crippen LogP contribution in [-0.4, -0.2) is 28.0 Å². The molecule has 100 valence electrons. The van der Waals surface area contributed by atoms with Crippen molar-refractivity contribution < 1.29 is 19.4 Å². The Morgan fingerprint density at radius 1 is 1.32 bits per heavy atom. The molecule has 0 amide bonds. The second-order valence-corrected chi connectivity index (χ2v) is 3.91. The molecule has 1 aromatic heterocycles. The molecule has 0 atom stereocenters. The van der Waals surface area contributed by atoms with Gasteiger partial charge in [-0.3, -0.25) is 4.68 Å². The van der Waals surface area contributed by atoms with E-state index in [1.807, 2.05) is 0 Å². The van der Waals surface area contributed by atoms with Crippen molar-refractivity contribution in [3.8, 4) is 11.5 Å². The molecule has 1 N–H and O–H groups in total. The van der Waals surface area contributed by atoms with Gasteiger partial charge in [0.15, 0.2) is 5.69 Å². The van der Waals surface area contributed by atoms with Crippen molar-refractivity contribution in [2.45, 2.75) is 6.61 Å². The number of aromatic carboxylic acids is 1. The van der Waals surface area contributed by atoms with Gasteiger partial charge >= 0.3 is 5.97 Å². The molecule has 0 saturated heterocycles. The van der Waals surface area contributed by atoms with Gasteiger partial charge in [0.1, 0.15) is 18.1 Å². The van der Waals surface area contributed by atoms with E-state index in [1.165, 1.54) is 10.9 Å². The van der Waals surface area contributed by atoms with Crippen molar-refractivity contribution in [3.63, 3.8) is 0 Å². The highest BCUT2D eigenvalue weighted by molar-refractivity contribution is 5.87. The molecule has 0 radical (unpaired) electrons. The first-order valence-corrected chi connectivity index (χ1v) is 5.63. The Kier molecular flexibility index (Phi) is 3.70. The van der Waals surface area contributed by atoms with Crippen LogP contribution < -0.4 is 9.47 Å². The minimum atomic E-state index is -1.02. The van der Waals surface area contributed by atoms with Crippen LogP contribution >= 0.6 is 0 Å². The maximum absolute atomic E-state index is 11.1. The molecule has 6 heteroatoms. The number of carboxylic acids is 1. The standard InChI is InChI=1S/C13H14N2O4/c1-15-12(13(16)17)9(7-14-15)8-19-11-5-3-10(18-2)4-6-11/h3-7H,8H2,1-2H3,(H,16,17). The normalized spacial score (nSPS) is 10.2. The SMILES string of the molecule is COc1ccc(OCc2cnn(C)c2C(=O)O)cc1. The summed E-state index contributed by atoms with van der Waals surface area (Å²) in [6.07, 6.45) is 1.49. The smallest absolute Gasteiger partial charge is 0.354 e. The third-order valence-corrected chi connectivity index (χ3v) is 2.67. The van der Waals surface area contributed by atoms with E-state index in [1.54, 1.807) is 38.4 Å². The molecule has 2 aromatic rings. The average molecular weight is 262 g/mol. The molecule has 0 aliphatic rings. The van der Waals surface area contributed by atoms with Gasteiger partial charge in [0.25, 0.3) is 0 Å². The monoisotopic (exact) mass is 262 g/mol. The zero-order valence-electron chi connectivity index (χ0n) is 10.7. The third kappa shape index (κ3) is 2.85. The molecule has 1 heterocycles. The number of aromatic nitrogens is 2. The molecule has 0 spiro atoms. The Morgan fingerprint density at radius 3 is 2.53 bits per heavy atom. The highest BCUT2D eigenvalue weighted by Gasteiger charge is 2.15. The van der Waals surface area contributed by atoms with Crippen LogP contribution in [0.25, 0.3) is 0 Å². The van der Waals surface area contributed by atoms with Crippen molar-refractivity contribution in [2.24, 2.45) is 7.05 Å². The van der Waals surface area contributed by atoms with Crippen LogP contribution in [0.15, 0.2) is 30.5 Å². The molecule has 0 bridgehead atoms. The van der Waals surface area contributed by atoms with Crippen molar-refractivity contribution in [3.05, 3.63) is 41.7 Å². The summed E-state index contributed by atoms with van der Waals surface area (Å²) in [6.45, 7) is 0.155. The maximum Gasteiger partial charge on any atom is 0.354 e. The Hall–Kier alpha value is -2.50. The summed E-state index contributed by atoms with van der Waals surface area (Å²) < 4.78 is 11.9. The molecule has 0 saturated carbocycles. The number of nitrogens with zero attached hydrogens (tertiary/aromatic N) is 2. The van der Waals surface area contributed by atoms with E-state index in [0.29, 0.717) is 11.3 Å². The second kappa shape index (κ2) is 5.43. The largest absolute Gasteiger partial charge is 0.497 e. The van der Waals surface area contributed by atoms with Crippen LogP contribution in [0.2, 0.25) is 0 Å². The number of ether oxygens (including phenoxy) is 2. The van der Waals surface area contributed by atoms with E-state index < -0.39 is 5.97 Å². The van der Waals surface area contributed by atoms with Crippen molar-refractivity contribution >= 4 is 5.97 Å². The predicted molar refractivity (Wildman–Crippen MR) is 67.5 cm³/mol. The van der Waals surface area contributed by atoms with Crippen LogP contribution in [-0.2, 0) is 13.7 Å². The summed E-state index contributed by atoms with van der Waals surface area (Å²) in [5, 5.41) is 13.0. The lowest BCUT2D eigenvalue weighted by atomic mass is 10.2. The average Bonchev–Trinajstić information content (AvgIpc) is 2.78. The van der Waals surface area contributed by atoms with Gasteiger partial charge in [-0.2, -0.15) is 5.10 Å². The molecule has 0 aliphatic carbocycles. The fraction of sp³-hybridized carbons (Fsp3) is 0.231. The Bertz CT molecular complexity index is 575. The predicted octanol–water partition coefficient (Wildman–Crippen LogP) is 1.71. The molecular formula is C13H14N2O4. The van der Waals surface area contributed by atoms with Crippen LogP contribution in [0.5, 0.6) is 11.5 Å². The van der Waals surface area contributed by atoms with Crippen LogP contribution in [0.4, 0.5) is 0 Å². The molecule has 0 unspecified atom stereocenters. The third-order valence-electron chi connectivity index (χ3n) is 2.67. The first-order valence-electron chi connectivity index (χ1n) is 5.63. The summed E-state index contributed by atoms with van der Waals surface area (Å²) >= 11 is 0. The van der Waals surface area contributed by atoms with Crippen LogP contribution in [0.1, 0.15) is 16.1 Å². The number of carbonyl (C=O) groups is 1. The van der Waals surface area contributed by atoms with Crippen molar-refractivity contribution in [1.82, 2.24) is 9.78 Å². The van der Waals surface area contributed by atoms with Crippen molar-refractivity contribution in [1.29, 1.82) is 0 Å². The number of benzene rings is 1. The van der Waals surface area contributed by atoms with Gasteiger partial charge in [-0.1, -0.05) is 0 Å². The first kappa shape index (κ1) is 12.9. The summed E-state index contributed by atoms with van der Waals surface area (Å²) in [4.78, 5) is 11.1. The Balaban J connectivity index is 2.08. The van der Waals surface area contributed by atoms with Gasteiger partial charge in [0.05, 0.1) is 13.3 Å². The van der Waals surface area contributed by atoms with Gasteiger partial charge in [-0.15, -0.1) is 0 Å². The van der Waals surface area contributed by atoms with Gasteiger partial charge in [0, 0.05) is 12.6 Å². The van der Waals surface area contributed by atoms with Gasteiger partial charge in [-0.05, 0) is 24.3 Å². The van der Waals surface area contributed by atoms with Crippen LogP contribution in [0.3, 0.4) is 0 Å². The topological polar surface area (TPSA) is 73.6 Å². The van der Waals surface area contributed by atoms with E-state index in [0.717, 1.165) is 5.75 Å². The molecule has 0 fully saturated rings. The zero-order valence-corrected chi connectivity index (χ0v) is 10.7. The molecular weight excluding hydrogens is 248 g/mol. The van der Waals surface area contributed by atoms with Gasteiger partial charge in [-0.25, -0.2) is 4.79 Å². The molecule has 6 nitrogen and oxygen atoms in total. The molecule has 2 rings (SSSR count). The lowest BCUT2D eigenvalue weighted by molar-refractivity contribution is 0.0682. The van der Waals surface area contributed by atoms with E-state index >= 15 is 0 Å². The van der Waals surface area contributed by atoms with E-state index in [4.69, 9.17) is 14.6 Å². The molecule has 1 aromatic carbocycles. The highest BCUT2D eigenvalue weighted by atomic mass is 16.5. The summed E-state index contributed by atoms with van der Waals surface area (Å²) in [6, 6.07) is 7.07. The van der Waals surface area contributed by atoms with E-state index in [9.17, 15) is 4.79 Å². The second-order valence-electron chi connectivity index (χ2n) is 3.91. The number of hydrogen-bond acceptors (Lipinski definition) is 4. The summed E-state index contributed by atoms with van der Waals surface area (Å²) in [5.41, 5.74) is 0.666. The fourth-order valence-electron chi connectivity index (χ4n) is 1.70. The van der Waals surface area contributed by atoms with Crippen LogP contribution in [0, 0.1) is 0 Å². The Morgan fingerprint density at radius 2 is 1.95 bits per heavy atom. The summed E-state index contributed by atoms with van der Waals surface area (Å²) in [5.74, 6) is 0.356. The minimum Gasteiger partial charge on any atom is -0.497 e. The fourth-order valence-corrected chi connectivity index (χ4v) is 1.70. The number of carboxylic acid groups (broad SMARTS) is 1. The van der Waals surface area contributed by atoms with E-state index in [-0.39, 0.29) is 12.3 Å². The van der Waals surface area contributed by atoms with Crippen molar-refractivity contribution in [2.75, 3.05) is 7.11 Å². The van der Waals surface area contributed by atoms with E-state index in [2.05, 4.69) is 5.10 Å². The van der Waals surface area contributed by atoms with Gasteiger partial charge < -0.3 is 14.6 Å². The highest BCUT2D eigenvalue weighted by Crippen LogP contribution is 2.19. The number of rotatable bonds is 5. The summed E-state index contributed by atoms with van der Waals surface area (Å²) in [7, 11) is 3.17. The number of methoxy groups -OCH3 is 1. The lowest BCUT2D eigenvalue weighted by Crippen LogP contribution is -2.09. The minimum absolute atomic E-state index is 0.133.